The van der Waals surface area contributed by atoms with Crippen molar-refractivity contribution in [2.75, 3.05) is 0 Å². The highest BCUT2D eigenvalue weighted by atomic mass is 16.6. The lowest BCUT2D eigenvalue weighted by molar-refractivity contribution is -0.268. The highest BCUT2D eigenvalue weighted by molar-refractivity contribution is 6.03. The van der Waals surface area contributed by atoms with Gasteiger partial charge in [0, 0.05) is 37.7 Å². The third-order valence-electron chi connectivity index (χ3n) is 8.03. The molecule has 0 spiro atoms. The van der Waals surface area contributed by atoms with Crippen LogP contribution in [-0.2, 0) is 38.1 Å². The van der Waals surface area contributed by atoms with Crippen LogP contribution in [-0.4, -0.2) is 58.3 Å². The van der Waals surface area contributed by atoms with Crippen LogP contribution in [0.5, 0.6) is 0 Å². The van der Waals surface area contributed by atoms with Crippen molar-refractivity contribution in [1.29, 1.82) is 0 Å². The number of hydrogen-bond donors (Lipinski definition) is 1. The molecule has 2 fully saturated rings. The second-order valence-electron chi connectivity index (χ2n) is 11.1. The third-order valence-corrected chi connectivity index (χ3v) is 8.03. The van der Waals surface area contributed by atoms with Crippen LogP contribution in [0.1, 0.15) is 68.2 Å². The molecule has 2 saturated carbocycles. The summed E-state index contributed by atoms with van der Waals surface area (Å²) >= 11 is 0. The van der Waals surface area contributed by atoms with Crippen LogP contribution >= 0.6 is 0 Å². The standard InChI is InChI=1S/C26H36O9/c1-10-24(7)21(31)17(30)19-25(8)16(32-13(2)27)11-12-23(5,6)20(25)18(33-14(3)28)22(34-15(4)29)26(19,9)35-24/h10,16,18,20,22,30H,1,11-12H2,2-9H3/t16-,18-,20-,22+,24-,25+,26-/m0/s1. The van der Waals surface area contributed by atoms with Gasteiger partial charge in [0.25, 0.3) is 0 Å². The first-order chi connectivity index (χ1) is 16.0. The number of Topliss-reactive ketones (excluding diaryl/α,β-unsaturated/α-hetero) is 1. The van der Waals surface area contributed by atoms with Crippen LogP contribution in [0.2, 0.25) is 0 Å². The summed E-state index contributed by atoms with van der Waals surface area (Å²) in [7, 11) is 0. The Labute approximate surface area is 205 Å². The van der Waals surface area contributed by atoms with Crippen LogP contribution in [0.15, 0.2) is 24.0 Å². The van der Waals surface area contributed by atoms with Gasteiger partial charge in [0.05, 0.1) is 0 Å². The van der Waals surface area contributed by atoms with Crippen molar-refractivity contribution in [2.45, 2.75) is 97.7 Å². The first-order valence-electron chi connectivity index (χ1n) is 11.8. The van der Waals surface area contributed by atoms with E-state index in [0.29, 0.717) is 12.8 Å². The van der Waals surface area contributed by atoms with Crippen molar-refractivity contribution >= 4 is 23.7 Å². The van der Waals surface area contributed by atoms with Gasteiger partial charge in [-0.25, -0.2) is 0 Å². The Balaban J connectivity index is 2.46. The van der Waals surface area contributed by atoms with Crippen LogP contribution in [0.3, 0.4) is 0 Å². The minimum absolute atomic E-state index is 0.160. The van der Waals surface area contributed by atoms with Gasteiger partial charge < -0.3 is 24.1 Å². The Bertz CT molecular complexity index is 1010. The molecular formula is C26H36O9. The average Bonchev–Trinajstić information content (AvgIpc) is 2.70. The molecule has 2 aliphatic carbocycles. The topological polar surface area (TPSA) is 125 Å². The van der Waals surface area contributed by atoms with E-state index >= 15 is 0 Å². The SMILES string of the molecule is C=C[C@]1(C)O[C@@]2(C)C(=C(O)C1=O)[C@@]1(C)[C@@H](OC(C)=O)CCC(C)(C)[C@@H]1[C@H](OC(C)=O)[C@H]2OC(C)=O. The van der Waals surface area contributed by atoms with Gasteiger partial charge in [0.2, 0.25) is 5.78 Å². The molecule has 0 saturated heterocycles. The number of esters is 3. The van der Waals surface area contributed by atoms with E-state index in [1.165, 1.54) is 33.8 Å². The molecule has 0 amide bonds. The zero-order valence-electron chi connectivity index (χ0n) is 21.7. The molecule has 0 aromatic rings. The first-order valence-corrected chi connectivity index (χ1v) is 11.8. The Morgan fingerprint density at radius 2 is 1.54 bits per heavy atom. The van der Waals surface area contributed by atoms with Gasteiger partial charge in [0.15, 0.2) is 17.5 Å². The molecule has 3 aliphatic rings. The molecule has 194 valence electrons. The number of fused-ring (bicyclic) bond motifs is 3. The molecular weight excluding hydrogens is 456 g/mol. The van der Waals surface area contributed by atoms with Crippen molar-refractivity contribution in [3.63, 3.8) is 0 Å². The maximum Gasteiger partial charge on any atom is 0.303 e. The first kappa shape index (κ1) is 26.9. The molecule has 1 heterocycles. The quantitative estimate of drug-likeness (QED) is 0.357. The largest absolute Gasteiger partial charge is 0.504 e. The summed E-state index contributed by atoms with van der Waals surface area (Å²) in [6.07, 6.45) is -0.720. The molecule has 0 unspecified atom stereocenters. The molecule has 1 N–H and O–H groups in total. The number of aliphatic hydroxyl groups is 1. The number of ether oxygens (including phenoxy) is 4. The zero-order chi connectivity index (χ0) is 26.7. The highest BCUT2D eigenvalue weighted by Crippen LogP contribution is 2.66. The summed E-state index contributed by atoms with van der Waals surface area (Å²) < 4.78 is 23.7. The fourth-order valence-electron chi connectivity index (χ4n) is 6.87. The van der Waals surface area contributed by atoms with Gasteiger partial charge in [-0.05, 0) is 32.1 Å². The Morgan fingerprint density at radius 1 is 1.00 bits per heavy atom. The van der Waals surface area contributed by atoms with Gasteiger partial charge >= 0.3 is 17.9 Å². The molecule has 0 radical (unpaired) electrons. The Kier molecular flexibility index (Phi) is 6.51. The molecule has 9 heteroatoms. The normalized spacial score (nSPS) is 40.2. The monoisotopic (exact) mass is 492 g/mol. The predicted molar refractivity (Wildman–Crippen MR) is 124 cm³/mol. The molecule has 1 aliphatic heterocycles. The van der Waals surface area contributed by atoms with E-state index in [9.17, 15) is 24.3 Å². The number of ketones is 1. The van der Waals surface area contributed by atoms with Gasteiger partial charge in [-0.15, -0.1) is 0 Å². The predicted octanol–water partition coefficient (Wildman–Crippen LogP) is 3.35. The number of aliphatic hydroxyl groups excluding tert-OH is 1. The maximum absolute atomic E-state index is 13.4. The van der Waals surface area contributed by atoms with E-state index in [1.54, 1.807) is 13.8 Å². The van der Waals surface area contributed by atoms with Crippen molar-refractivity contribution in [2.24, 2.45) is 16.7 Å². The van der Waals surface area contributed by atoms with Gasteiger partial charge in [0.1, 0.15) is 17.8 Å². The lowest BCUT2D eigenvalue weighted by Crippen LogP contribution is -2.74. The van der Waals surface area contributed by atoms with E-state index in [2.05, 4.69) is 6.58 Å². The van der Waals surface area contributed by atoms with E-state index in [-0.39, 0.29) is 5.57 Å². The van der Waals surface area contributed by atoms with Gasteiger partial charge in [-0.2, -0.15) is 0 Å². The van der Waals surface area contributed by atoms with Crippen LogP contribution in [0.25, 0.3) is 0 Å². The Morgan fingerprint density at radius 3 is 2.03 bits per heavy atom. The second-order valence-corrected chi connectivity index (χ2v) is 11.1. The van der Waals surface area contributed by atoms with Crippen molar-refractivity contribution in [3.8, 4) is 0 Å². The van der Waals surface area contributed by atoms with Crippen molar-refractivity contribution < 1.29 is 43.2 Å². The van der Waals surface area contributed by atoms with E-state index in [4.69, 9.17) is 18.9 Å². The van der Waals surface area contributed by atoms with E-state index in [1.807, 2.05) is 13.8 Å². The minimum Gasteiger partial charge on any atom is -0.504 e. The smallest absolute Gasteiger partial charge is 0.303 e. The minimum atomic E-state index is -1.65. The maximum atomic E-state index is 13.4. The van der Waals surface area contributed by atoms with Crippen molar-refractivity contribution in [3.05, 3.63) is 24.0 Å². The lowest BCUT2D eigenvalue weighted by Gasteiger charge is -2.66. The fraction of sp³-hybridized carbons (Fsp3) is 0.692. The molecule has 9 nitrogen and oxygen atoms in total. The number of rotatable bonds is 4. The van der Waals surface area contributed by atoms with Crippen LogP contribution in [0.4, 0.5) is 0 Å². The van der Waals surface area contributed by atoms with Crippen LogP contribution in [0, 0.1) is 16.7 Å². The molecule has 3 rings (SSSR count). The van der Waals surface area contributed by atoms with E-state index in [0.717, 1.165) is 0 Å². The number of carbonyl (C=O) groups excluding carboxylic acids is 4. The third kappa shape index (κ3) is 3.97. The summed E-state index contributed by atoms with van der Waals surface area (Å²) in [5, 5.41) is 11.5. The molecule has 35 heavy (non-hydrogen) atoms. The second kappa shape index (κ2) is 8.47. The summed E-state index contributed by atoms with van der Waals surface area (Å²) in [6, 6.07) is 0. The lowest BCUT2D eigenvalue weighted by atomic mass is 9.44. The van der Waals surface area contributed by atoms with Gasteiger partial charge in [-0.1, -0.05) is 33.4 Å². The van der Waals surface area contributed by atoms with Crippen LogP contribution < -0.4 is 0 Å². The molecule has 0 aromatic heterocycles. The van der Waals surface area contributed by atoms with Gasteiger partial charge in [-0.3, -0.25) is 19.2 Å². The summed E-state index contributed by atoms with van der Waals surface area (Å²) in [4.78, 5) is 50.1. The average molecular weight is 493 g/mol. The van der Waals surface area contributed by atoms with E-state index < -0.39 is 75.7 Å². The zero-order valence-corrected chi connectivity index (χ0v) is 21.7. The number of carbonyl (C=O) groups is 4. The summed E-state index contributed by atoms with van der Waals surface area (Å²) in [5.41, 5.74) is -4.86. The molecule has 0 aromatic carbocycles. The number of hydrogen-bond acceptors (Lipinski definition) is 9. The Hall–Kier alpha value is -2.68. The summed E-state index contributed by atoms with van der Waals surface area (Å²) in [5.74, 6) is -3.66. The fourth-order valence-corrected chi connectivity index (χ4v) is 6.87. The molecule has 7 atom stereocenters. The van der Waals surface area contributed by atoms with Crippen molar-refractivity contribution in [1.82, 2.24) is 0 Å². The summed E-state index contributed by atoms with van der Waals surface area (Å²) in [6.45, 7) is 16.2. The highest BCUT2D eigenvalue weighted by Gasteiger charge is 2.73. The molecule has 0 bridgehead atoms.